The highest BCUT2D eigenvalue weighted by molar-refractivity contribution is 5.49. The molecular weight excluding hydrogens is 210 g/mol. The number of benzene rings is 1. The van der Waals surface area contributed by atoms with E-state index in [-0.39, 0.29) is 0 Å². The van der Waals surface area contributed by atoms with Crippen LogP contribution >= 0.6 is 0 Å². The van der Waals surface area contributed by atoms with Gasteiger partial charge in [0.2, 0.25) is 0 Å². The largest absolute Gasteiger partial charge is 0.357 e. The number of rotatable bonds is 3. The minimum absolute atomic E-state index is 0.465. The highest BCUT2D eigenvalue weighted by atomic mass is 35.7. The first-order valence-electron chi connectivity index (χ1n) is 3.60. The van der Waals surface area contributed by atoms with Crippen molar-refractivity contribution in [2.24, 2.45) is 5.73 Å². The van der Waals surface area contributed by atoms with Gasteiger partial charge in [-0.1, -0.05) is 30.3 Å². The second kappa shape index (κ2) is 4.30. The Morgan fingerprint density at radius 2 is 1.79 bits per heavy atom. The summed E-state index contributed by atoms with van der Waals surface area (Å²) in [5, 5.41) is 0. The Hall–Kier alpha value is -1.27. The summed E-state index contributed by atoms with van der Waals surface area (Å²) in [7, 11) is -4.52. The van der Waals surface area contributed by atoms with Crippen LogP contribution in [0.3, 0.4) is 0 Å². The van der Waals surface area contributed by atoms with E-state index in [2.05, 4.69) is 4.29 Å². The smallest absolute Gasteiger partial charge is 0.353 e. The quantitative estimate of drug-likeness (QED) is 0.582. The molecule has 76 valence electrons. The summed E-state index contributed by atoms with van der Waals surface area (Å²) < 4.78 is 34.2. The lowest BCUT2D eigenvalue weighted by molar-refractivity contribution is -1.92. The molecule has 6 heteroatoms. The van der Waals surface area contributed by atoms with Gasteiger partial charge in [0.05, 0.1) is 0 Å². The molecule has 0 heterocycles. The van der Waals surface area contributed by atoms with Gasteiger partial charge in [-0.3, -0.25) is 0 Å². The van der Waals surface area contributed by atoms with Gasteiger partial charge in [-0.25, -0.2) is 0 Å². The lowest BCUT2D eigenvalue weighted by Gasteiger charge is -2.11. The molecule has 0 saturated carbocycles. The number of hydrogen-bond acceptors (Lipinski definition) is 5. The van der Waals surface area contributed by atoms with Crippen molar-refractivity contribution >= 4 is 6.08 Å². The highest BCUT2D eigenvalue weighted by Gasteiger charge is 2.19. The van der Waals surface area contributed by atoms with E-state index in [1.807, 2.05) is 0 Å². The van der Waals surface area contributed by atoms with Crippen molar-refractivity contribution in [1.29, 1.82) is 0 Å². The lowest BCUT2D eigenvalue weighted by atomic mass is 10.2. The Morgan fingerprint density at radius 3 is 2.29 bits per heavy atom. The molecule has 0 amide bonds. The van der Waals surface area contributed by atoms with Crippen molar-refractivity contribution in [3.05, 3.63) is 41.8 Å². The van der Waals surface area contributed by atoms with Gasteiger partial charge in [-0.05, 0) is 9.85 Å². The third-order valence-corrected chi connectivity index (χ3v) is 1.66. The SMILES string of the molecule is NC(=Cc1ccccc1)O[Cl+3]([O-])([O-])[O-]. The van der Waals surface area contributed by atoms with Crippen molar-refractivity contribution in [2.75, 3.05) is 0 Å². The Bertz CT molecular complexity index is 320. The average molecular weight is 218 g/mol. The molecule has 5 nitrogen and oxygen atoms in total. The third kappa shape index (κ3) is 4.11. The van der Waals surface area contributed by atoms with Gasteiger partial charge >= 0.3 is 5.88 Å². The van der Waals surface area contributed by atoms with Crippen LogP contribution in [-0.4, -0.2) is 0 Å². The Labute approximate surface area is 82.8 Å². The van der Waals surface area contributed by atoms with Crippen molar-refractivity contribution in [1.82, 2.24) is 0 Å². The minimum atomic E-state index is -4.52. The van der Waals surface area contributed by atoms with E-state index >= 15 is 0 Å². The monoisotopic (exact) mass is 217 g/mol. The Morgan fingerprint density at radius 1 is 1.21 bits per heavy atom. The van der Waals surface area contributed by atoms with Crippen molar-refractivity contribution in [2.45, 2.75) is 0 Å². The Kier molecular flexibility index (Phi) is 3.32. The zero-order valence-corrected chi connectivity index (χ0v) is 7.81. The predicted octanol–water partition coefficient (Wildman–Crippen LogP) is -2.14. The van der Waals surface area contributed by atoms with E-state index in [1.54, 1.807) is 30.3 Å². The normalized spacial score (nSPS) is 12.6. The second-order valence-corrected chi connectivity index (χ2v) is 3.32. The Balaban J connectivity index is 2.70. The summed E-state index contributed by atoms with van der Waals surface area (Å²) >= 11 is 0. The molecular formula is C8H8ClNO4. The maximum atomic E-state index is 10.1. The van der Waals surface area contributed by atoms with Crippen LogP contribution in [0.5, 0.6) is 0 Å². The molecule has 1 aromatic rings. The third-order valence-electron chi connectivity index (χ3n) is 1.29. The zero-order chi connectivity index (χ0) is 10.6. The van der Waals surface area contributed by atoms with E-state index in [0.29, 0.717) is 5.56 Å². The van der Waals surface area contributed by atoms with Crippen molar-refractivity contribution < 1.29 is 28.5 Å². The summed E-state index contributed by atoms with van der Waals surface area (Å²) in [5.41, 5.74) is 5.79. The van der Waals surface area contributed by atoms with Crippen molar-refractivity contribution in [3.63, 3.8) is 0 Å². The molecule has 0 fully saturated rings. The molecule has 1 aromatic carbocycles. The maximum absolute atomic E-state index is 10.1. The van der Waals surface area contributed by atoms with Crippen LogP contribution in [0.25, 0.3) is 6.08 Å². The molecule has 1 rings (SSSR count). The fourth-order valence-electron chi connectivity index (χ4n) is 0.845. The topological polar surface area (TPSA) is 104 Å². The summed E-state index contributed by atoms with van der Waals surface area (Å²) in [5.74, 6) is -0.465. The average Bonchev–Trinajstić information content (AvgIpc) is 2.02. The second-order valence-electron chi connectivity index (χ2n) is 2.41. The van der Waals surface area contributed by atoms with Crippen LogP contribution in [0, 0.1) is 10.2 Å². The fraction of sp³-hybridized carbons (Fsp3) is 0. The van der Waals surface area contributed by atoms with Crippen LogP contribution in [0.15, 0.2) is 36.2 Å². The van der Waals surface area contributed by atoms with E-state index in [1.165, 1.54) is 6.08 Å². The summed E-state index contributed by atoms with van der Waals surface area (Å²) in [6, 6.07) is 8.64. The van der Waals surface area contributed by atoms with Crippen LogP contribution in [0.2, 0.25) is 0 Å². The molecule has 0 unspecified atom stereocenters. The molecule has 0 aliphatic carbocycles. The molecule has 0 aliphatic heterocycles. The molecule has 0 atom stereocenters. The molecule has 14 heavy (non-hydrogen) atoms. The molecule has 0 saturated heterocycles. The first-order valence-corrected chi connectivity index (χ1v) is 4.83. The maximum Gasteiger partial charge on any atom is 0.353 e. The van der Waals surface area contributed by atoms with Gasteiger partial charge in [0, 0.05) is 6.08 Å². The highest BCUT2D eigenvalue weighted by Crippen LogP contribution is 2.05. The van der Waals surface area contributed by atoms with Crippen LogP contribution < -0.4 is 19.7 Å². The van der Waals surface area contributed by atoms with Gasteiger partial charge in [0.1, 0.15) is 10.2 Å². The molecule has 0 aliphatic rings. The summed E-state index contributed by atoms with van der Waals surface area (Å²) in [6.45, 7) is 0. The number of halogens is 1. The number of nitrogens with two attached hydrogens (primary N) is 1. The van der Waals surface area contributed by atoms with E-state index in [9.17, 15) is 14.0 Å². The fourth-order valence-corrected chi connectivity index (χ4v) is 1.11. The molecule has 0 radical (unpaired) electrons. The number of hydrogen-bond donors (Lipinski definition) is 1. The molecule has 0 spiro atoms. The van der Waals surface area contributed by atoms with E-state index in [0.717, 1.165) is 0 Å². The summed E-state index contributed by atoms with van der Waals surface area (Å²) in [6.07, 6.45) is 1.24. The molecule has 0 aromatic heterocycles. The predicted molar refractivity (Wildman–Crippen MR) is 39.7 cm³/mol. The standard InChI is InChI=1S/C8H8ClNO4/c10-8(14-9(11,12)13)6-7-4-2-1-3-5-7/h1-6H,10H2. The molecule has 2 N–H and O–H groups in total. The van der Waals surface area contributed by atoms with Crippen LogP contribution in [0.4, 0.5) is 0 Å². The summed E-state index contributed by atoms with van der Waals surface area (Å²) in [4.78, 5) is 0. The van der Waals surface area contributed by atoms with Gasteiger partial charge in [0.25, 0.3) is 0 Å². The van der Waals surface area contributed by atoms with Crippen molar-refractivity contribution in [3.8, 4) is 0 Å². The van der Waals surface area contributed by atoms with Gasteiger partial charge in [-0.2, -0.15) is 14.0 Å². The minimum Gasteiger partial charge on any atom is -0.357 e. The molecule has 0 bridgehead atoms. The first-order chi connectivity index (χ1) is 6.47. The van der Waals surface area contributed by atoms with Gasteiger partial charge < -0.3 is 5.73 Å². The zero-order valence-electron chi connectivity index (χ0n) is 7.05. The van der Waals surface area contributed by atoms with Crippen LogP contribution in [-0.2, 0) is 4.29 Å². The van der Waals surface area contributed by atoms with Gasteiger partial charge in [0.15, 0.2) is 0 Å². The van der Waals surface area contributed by atoms with Crippen LogP contribution in [0.1, 0.15) is 5.56 Å². The lowest BCUT2D eigenvalue weighted by Crippen LogP contribution is -2.61. The van der Waals surface area contributed by atoms with Gasteiger partial charge in [-0.15, -0.1) is 0 Å². The van der Waals surface area contributed by atoms with E-state index in [4.69, 9.17) is 5.73 Å². The van der Waals surface area contributed by atoms with E-state index < -0.39 is 16.1 Å². The first kappa shape index (κ1) is 10.8.